The second-order valence-electron chi connectivity index (χ2n) is 5.61. The van der Waals surface area contributed by atoms with Gasteiger partial charge < -0.3 is 15.2 Å². The molecular formula is C16H21N3O. The second-order valence-corrected chi connectivity index (χ2v) is 5.61. The van der Waals surface area contributed by atoms with Crippen LogP contribution >= 0.6 is 0 Å². The number of aromatic nitrogens is 1. The van der Waals surface area contributed by atoms with Crippen molar-refractivity contribution < 1.29 is 4.79 Å². The van der Waals surface area contributed by atoms with Crippen LogP contribution in [0.5, 0.6) is 0 Å². The summed E-state index contributed by atoms with van der Waals surface area (Å²) in [6.07, 6.45) is 4.52. The summed E-state index contributed by atoms with van der Waals surface area (Å²) < 4.78 is 2.02. The van der Waals surface area contributed by atoms with Crippen LogP contribution in [0.25, 0.3) is 10.9 Å². The first-order chi connectivity index (χ1) is 9.76. The predicted molar refractivity (Wildman–Crippen MR) is 80.4 cm³/mol. The van der Waals surface area contributed by atoms with E-state index in [-0.39, 0.29) is 5.91 Å². The number of fused-ring (bicyclic) bond motifs is 1. The third-order valence-corrected chi connectivity index (χ3v) is 3.82. The minimum atomic E-state index is 0.105. The molecule has 2 aromatic rings. The molecule has 20 heavy (non-hydrogen) atoms. The maximum absolute atomic E-state index is 12.0. The molecule has 1 fully saturated rings. The fourth-order valence-corrected chi connectivity index (χ4v) is 2.47. The molecule has 1 aromatic heterocycles. The van der Waals surface area contributed by atoms with Gasteiger partial charge in [0.1, 0.15) is 6.54 Å². The third kappa shape index (κ3) is 3.02. The lowest BCUT2D eigenvalue weighted by Crippen LogP contribution is -2.29. The van der Waals surface area contributed by atoms with Gasteiger partial charge in [-0.15, -0.1) is 0 Å². The van der Waals surface area contributed by atoms with E-state index in [4.69, 9.17) is 0 Å². The normalized spacial score (nSPS) is 14.7. The van der Waals surface area contributed by atoms with Crippen LogP contribution in [-0.2, 0) is 17.9 Å². The van der Waals surface area contributed by atoms with Crippen molar-refractivity contribution in [2.24, 2.45) is 5.92 Å². The molecule has 0 bridgehead atoms. The fraction of sp³-hybridized carbons (Fsp3) is 0.438. The highest BCUT2D eigenvalue weighted by molar-refractivity contribution is 5.83. The largest absolute Gasteiger partial charge is 0.354 e. The number of carbonyl (C=O) groups excluding carboxylic acids is 1. The van der Waals surface area contributed by atoms with E-state index < -0.39 is 0 Å². The van der Waals surface area contributed by atoms with Crippen LogP contribution in [0.15, 0.2) is 30.5 Å². The van der Waals surface area contributed by atoms with E-state index >= 15 is 0 Å². The number of nitrogens with one attached hydrogen (secondary N) is 2. The highest BCUT2D eigenvalue weighted by Crippen LogP contribution is 2.27. The topological polar surface area (TPSA) is 46.1 Å². The summed E-state index contributed by atoms with van der Waals surface area (Å²) in [5.74, 6) is 0.830. The average Bonchev–Trinajstić information content (AvgIpc) is 3.20. The smallest absolute Gasteiger partial charge is 0.239 e. The number of carbonyl (C=O) groups is 1. The molecule has 0 aliphatic heterocycles. The zero-order valence-corrected chi connectivity index (χ0v) is 11.9. The molecule has 1 heterocycles. The maximum atomic E-state index is 12.0. The third-order valence-electron chi connectivity index (χ3n) is 3.82. The van der Waals surface area contributed by atoms with Crippen molar-refractivity contribution in [3.05, 3.63) is 36.0 Å². The van der Waals surface area contributed by atoms with Crippen molar-refractivity contribution in [1.29, 1.82) is 0 Å². The Hall–Kier alpha value is -1.81. The Balaban J connectivity index is 1.72. The Kier molecular flexibility index (Phi) is 3.74. The molecule has 1 saturated carbocycles. The summed E-state index contributed by atoms with van der Waals surface area (Å²) in [4.78, 5) is 12.0. The molecule has 0 atom stereocenters. The van der Waals surface area contributed by atoms with E-state index in [0.717, 1.165) is 24.5 Å². The molecule has 1 amide bonds. The van der Waals surface area contributed by atoms with E-state index in [1.54, 1.807) is 0 Å². The first kappa shape index (κ1) is 13.2. The van der Waals surface area contributed by atoms with Crippen molar-refractivity contribution in [3.8, 4) is 0 Å². The summed E-state index contributed by atoms with van der Waals surface area (Å²) in [6, 6.07) is 8.45. The Morgan fingerprint density at radius 2 is 2.20 bits per heavy atom. The van der Waals surface area contributed by atoms with E-state index in [1.165, 1.54) is 23.8 Å². The Morgan fingerprint density at radius 3 is 2.95 bits per heavy atom. The van der Waals surface area contributed by atoms with Crippen molar-refractivity contribution in [3.63, 3.8) is 0 Å². The number of hydrogen-bond acceptors (Lipinski definition) is 2. The predicted octanol–water partition coefficient (Wildman–Crippen LogP) is 1.89. The molecule has 0 spiro atoms. The maximum Gasteiger partial charge on any atom is 0.239 e. The highest BCUT2D eigenvalue weighted by atomic mass is 16.1. The van der Waals surface area contributed by atoms with Crippen LogP contribution in [0, 0.1) is 5.92 Å². The van der Waals surface area contributed by atoms with Gasteiger partial charge >= 0.3 is 0 Å². The van der Waals surface area contributed by atoms with Crippen LogP contribution in [0.2, 0.25) is 0 Å². The summed E-state index contributed by atoms with van der Waals surface area (Å²) in [7, 11) is 1.94. The van der Waals surface area contributed by atoms with E-state index in [9.17, 15) is 4.79 Å². The fourth-order valence-electron chi connectivity index (χ4n) is 2.47. The van der Waals surface area contributed by atoms with Gasteiger partial charge in [-0.25, -0.2) is 0 Å². The molecule has 1 aromatic carbocycles. The number of benzene rings is 1. The molecule has 1 aliphatic rings. The Morgan fingerprint density at radius 1 is 1.35 bits per heavy atom. The van der Waals surface area contributed by atoms with Crippen molar-refractivity contribution >= 4 is 16.8 Å². The SMILES string of the molecule is CNCc1ccc2ccn(CC(=O)NCC3CC3)c2c1. The van der Waals surface area contributed by atoms with Crippen molar-refractivity contribution in [2.45, 2.75) is 25.9 Å². The first-order valence-electron chi connectivity index (χ1n) is 7.25. The van der Waals surface area contributed by atoms with Crippen LogP contribution in [-0.4, -0.2) is 24.1 Å². The highest BCUT2D eigenvalue weighted by Gasteiger charge is 2.21. The quantitative estimate of drug-likeness (QED) is 0.843. The van der Waals surface area contributed by atoms with E-state index in [0.29, 0.717) is 6.54 Å². The van der Waals surface area contributed by atoms with Gasteiger partial charge in [-0.2, -0.15) is 0 Å². The minimum Gasteiger partial charge on any atom is -0.354 e. The molecule has 0 saturated heterocycles. The van der Waals surface area contributed by atoms with Crippen LogP contribution in [0.3, 0.4) is 0 Å². The average molecular weight is 271 g/mol. The van der Waals surface area contributed by atoms with Gasteiger partial charge in [0.05, 0.1) is 0 Å². The number of amides is 1. The molecule has 0 radical (unpaired) electrons. The first-order valence-corrected chi connectivity index (χ1v) is 7.25. The van der Waals surface area contributed by atoms with Gasteiger partial charge in [0.25, 0.3) is 0 Å². The van der Waals surface area contributed by atoms with Gasteiger partial charge in [0, 0.05) is 24.8 Å². The molecule has 3 rings (SSSR count). The van der Waals surface area contributed by atoms with E-state index in [1.807, 2.05) is 17.8 Å². The summed E-state index contributed by atoms with van der Waals surface area (Å²) in [6.45, 7) is 2.08. The second kappa shape index (κ2) is 5.67. The zero-order valence-electron chi connectivity index (χ0n) is 11.9. The molecule has 106 valence electrons. The lowest BCUT2D eigenvalue weighted by Gasteiger charge is -2.08. The van der Waals surface area contributed by atoms with Gasteiger partial charge in [0.15, 0.2) is 0 Å². The van der Waals surface area contributed by atoms with Gasteiger partial charge in [-0.1, -0.05) is 12.1 Å². The van der Waals surface area contributed by atoms with E-state index in [2.05, 4.69) is 34.9 Å². The molecule has 2 N–H and O–H groups in total. The number of rotatable bonds is 6. The molecule has 4 nitrogen and oxygen atoms in total. The lowest BCUT2D eigenvalue weighted by molar-refractivity contribution is -0.121. The van der Waals surface area contributed by atoms with Gasteiger partial charge in [-0.3, -0.25) is 4.79 Å². The van der Waals surface area contributed by atoms with Crippen LogP contribution < -0.4 is 10.6 Å². The van der Waals surface area contributed by atoms with Crippen molar-refractivity contribution in [1.82, 2.24) is 15.2 Å². The lowest BCUT2D eigenvalue weighted by atomic mass is 10.1. The summed E-state index contributed by atoms with van der Waals surface area (Å²) >= 11 is 0. The number of nitrogens with zero attached hydrogens (tertiary/aromatic N) is 1. The molecule has 0 unspecified atom stereocenters. The summed E-state index contributed by atoms with van der Waals surface area (Å²) in [5.41, 5.74) is 2.36. The number of hydrogen-bond donors (Lipinski definition) is 2. The van der Waals surface area contributed by atoms with Gasteiger partial charge in [-0.05, 0) is 48.9 Å². The van der Waals surface area contributed by atoms with Gasteiger partial charge in [0.2, 0.25) is 5.91 Å². The summed E-state index contributed by atoms with van der Waals surface area (Å²) in [5, 5.41) is 7.35. The molecular weight excluding hydrogens is 250 g/mol. The minimum absolute atomic E-state index is 0.105. The molecule has 4 heteroatoms. The standard InChI is InChI=1S/C16H21N3O/c1-17-9-13-4-5-14-6-7-19(15(14)8-13)11-16(20)18-10-12-2-3-12/h4-8,12,17H,2-3,9-11H2,1H3,(H,18,20). The van der Waals surface area contributed by atoms with Crippen molar-refractivity contribution in [2.75, 3.05) is 13.6 Å². The zero-order chi connectivity index (χ0) is 13.9. The van der Waals surface area contributed by atoms with Crippen LogP contribution in [0.1, 0.15) is 18.4 Å². The molecule has 1 aliphatic carbocycles. The monoisotopic (exact) mass is 271 g/mol. The Bertz CT molecular complexity index is 613. The van der Waals surface area contributed by atoms with Crippen LogP contribution in [0.4, 0.5) is 0 Å². The Labute approximate surface area is 119 Å².